The van der Waals surface area contributed by atoms with Crippen LogP contribution in [0.5, 0.6) is 0 Å². The SMILES string of the molecule is CCC(C)C(C)CCC1CC(C(C)C=CC(N)C2C(CC)CC2C2CCC(C3CCC3)C2C)C1. The van der Waals surface area contributed by atoms with E-state index < -0.39 is 0 Å². The molecule has 4 aliphatic carbocycles. The van der Waals surface area contributed by atoms with Gasteiger partial charge in [-0.15, -0.1) is 0 Å². The monoisotopic (exact) mass is 469 g/mol. The van der Waals surface area contributed by atoms with Crippen molar-refractivity contribution in [2.75, 3.05) is 0 Å². The van der Waals surface area contributed by atoms with E-state index in [1.807, 2.05) is 0 Å². The summed E-state index contributed by atoms with van der Waals surface area (Å²) >= 11 is 0. The van der Waals surface area contributed by atoms with Gasteiger partial charge in [-0.05, 0) is 103 Å². The highest BCUT2D eigenvalue weighted by atomic mass is 14.7. The van der Waals surface area contributed by atoms with E-state index in [9.17, 15) is 0 Å². The maximum atomic E-state index is 6.95. The Labute approximate surface area is 213 Å². The Balaban J connectivity index is 1.23. The summed E-state index contributed by atoms with van der Waals surface area (Å²) in [6.45, 7) is 14.7. The number of allylic oxidation sites excluding steroid dienone is 1. The lowest BCUT2D eigenvalue weighted by molar-refractivity contribution is -0.00782. The van der Waals surface area contributed by atoms with Crippen molar-refractivity contribution in [3.05, 3.63) is 12.2 Å². The second-order valence-electron chi connectivity index (χ2n) is 14.0. The molecule has 34 heavy (non-hydrogen) atoms. The first-order valence-corrected chi connectivity index (χ1v) is 15.8. The van der Waals surface area contributed by atoms with Crippen LogP contribution in [0, 0.1) is 71.0 Å². The fourth-order valence-corrected chi connectivity index (χ4v) is 8.91. The molecule has 10 unspecified atom stereocenters. The molecule has 0 spiro atoms. The predicted octanol–water partition coefficient (Wildman–Crippen LogP) is 9.12. The van der Waals surface area contributed by atoms with Gasteiger partial charge in [0.15, 0.2) is 0 Å². The van der Waals surface area contributed by atoms with Gasteiger partial charge >= 0.3 is 0 Å². The van der Waals surface area contributed by atoms with E-state index in [4.69, 9.17) is 5.73 Å². The van der Waals surface area contributed by atoms with Crippen LogP contribution in [0.1, 0.15) is 119 Å². The number of nitrogens with two attached hydrogens (primary N) is 1. The van der Waals surface area contributed by atoms with Crippen LogP contribution in [0.4, 0.5) is 0 Å². The molecule has 0 saturated heterocycles. The van der Waals surface area contributed by atoms with Crippen LogP contribution >= 0.6 is 0 Å². The standard InChI is InChI=1S/C33H59N/c1-7-21(3)22(4)12-14-25-18-28(19-25)23(5)13-17-32(34)33-26(8-2)20-31(33)30-16-15-29(24(30)6)27-10-9-11-27/h13,17,21-33H,7-12,14-16,18-20,34H2,1-6H3. The molecule has 10 atom stereocenters. The topological polar surface area (TPSA) is 26.0 Å². The second kappa shape index (κ2) is 11.8. The predicted molar refractivity (Wildman–Crippen MR) is 148 cm³/mol. The van der Waals surface area contributed by atoms with Crippen LogP contribution < -0.4 is 5.73 Å². The third-order valence-electron chi connectivity index (χ3n) is 12.4. The van der Waals surface area contributed by atoms with Gasteiger partial charge in [-0.2, -0.15) is 0 Å². The van der Waals surface area contributed by atoms with Gasteiger partial charge in [0.1, 0.15) is 0 Å². The van der Waals surface area contributed by atoms with Gasteiger partial charge in [0.2, 0.25) is 0 Å². The highest BCUT2D eigenvalue weighted by molar-refractivity contribution is 5.08. The highest BCUT2D eigenvalue weighted by Crippen LogP contribution is 2.57. The van der Waals surface area contributed by atoms with E-state index in [-0.39, 0.29) is 6.04 Å². The molecule has 2 N–H and O–H groups in total. The molecule has 0 aromatic carbocycles. The molecule has 0 aromatic heterocycles. The molecule has 196 valence electrons. The summed E-state index contributed by atoms with van der Waals surface area (Å²) in [4.78, 5) is 0. The van der Waals surface area contributed by atoms with Gasteiger partial charge in [-0.25, -0.2) is 0 Å². The minimum Gasteiger partial charge on any atom is -0.324 e. The number of hydrogen-bond acceptors (Lipinski definition) is 1. The molecule has 4 aliphatic rings. The number of hydrogen-bond donors (Lipinski definition) is 1. The maximum Gasteiger partial charge on any atom is 0.0257 e. The molecule has 1 heteroatoms. The van der Waals surface area contributed by atoms with Crippen molar-refractivity contribution in [1.29, 1.82) is 0 Å². The Kier molecular flexibility index (Phi) is 9.31. The zero-order valence-electron chi connectivity index (χ0n) is 23.7. The largest absolute Gasteiger partial charge is 0.324 e. The summed E-state index contributed by atoms with van der Waals surface area (Å²) < 4.78 is 0. The molecule has 1 nitrogen and oxygen atoms in total. The van der Waals surface area contributed by atoms with Crippen molar-refractivity contribution in [3.8, 4) is 0 Å². The van der Waals surface area contributed by atoms with Crippen molar-refractivity contribution in [3.63, 3.8) is 0 Å². The van der Waals surface area contributed by atoms with E-state index in [1.54, 1.807) is 0 Å². The van der Waals surface area contributed by atoms with Crippen molar-refractivity contribution in [2.45, 2.75) is 125 Å². The third kappa shape index (κ3) is 5.65. The average Bonchev–Trinajstić information content (AvgIpc) is 3.09. The lowest BCUT2D eigenvalue weighted by atomic mass is 9.54. The van der Waals surface area contributed by atoms with Gasteiger partial charge in [0, 0.05) is 6.04 Å². The molecule has 0 amide bonds. The second-order valence-corrected chi connectivity index (χ2v) is 14.0. The number of rotatable bonds is 12. The normalized spacial score (nSPS) is 42.0. The summed E-state index contributed by atoms with van der Waals surface area (Å²) in [6.07, 6.45) is 22.5. The minimum absolute atomic E-state index is 0.286. The van der Waals surface area contributed by atoms with E-state index in [1.165, 1.54) is 77.0 Å². The lowest BCUT2D eigenvalue weighted by Crippen LogP contribution is -2.50. The molecule has 4 rings (SSSR count). The third-order valence-corrected chi connectivity index (χ3v) is 12.4. The summed E-state index contributed by atoms with van der Waals surface area (Å²) in [5, 5.41) is 0. The highest BCUT2D eigenvalue weighted by Gasteiger charge is 2.51. The Bertz CT molecular complexity index is 643. The Hall–Kier alpha value is -0.300. The molecule has 4 fully saturated rings. The molecule has 0 aliphatic heterocycles. The van der Waals surface area contributed by atoms with E-state index in [0.29, 0.717) is 5.92 Å². The Morgan fingerprint density at radius 1 is 0.853 bits per heavy atom. The fraction of sp³-hybridized carbons (Fsp3) is 0.939. The van der Waals surface area contributed by atoms with Crippen LogP contribution in [-0.2, 0) is 0 Å². The van der Waals surface area contributed by atoms with E-state index >= 15 is 0 Å². The van der Waals surface area contributed by atoms with Gasteiger partial charge in [0.05, 0.1) is 0 Å². The lowest BCUT2D eigenvalue weighted by Gasteiger charge is -2.51. The molecular formula is C33H59N. The molecule has 0 radical (unpaired) electrons. The molecule has 4 saturated carbocycles. The van der Waals surface area contributed by atoms with Crippen LogP contribution in [0.2, 0.25) is 0 Å². The van der Waals surface area contributed by atoms with Gasteiger partial charge in [-0.1, -0.05) is 98.6 Å². The molecule has 0 aromatic rings. The summed E-state index contributed by atoms with van der Waals surface area (Å²) in [6, 6.07) is 0.286. The quantitative estimate of drug-likeness (QED) is 0.283. The van der Waals surface area contributed by atoms with Crippen LogP contribution in [0.25, 0.3) is 0 Å². The van der Waals surface area contributed by atoms with Gasteiger partial charge in [0.25, 0.3) is 0 Å². The van der Waals surface area contributed by atoms with E-state index in [0.717, 1.165) is 65.1 Å². The smallest absolute Gasteiger partial charge is 0.0257 e. The zero-order chi connectivity index (χ0) is 24.4. The van der Waals surface area contributed by atoms with Crippen LogP contribution in [-0.4, -0.2) is 6.04 Å². The first-order chi connectivity index (χ1) is 16.3. The summed E-state index contributed by atoms with van der Waals surface area (Å²) in [5.74, 6) is 10.9. The average molecular weight is 470 g/mol. The van der Waals surface area contributed by atoms with Crippen molar-refractivity contribution in [2.24, 2.45) is 76.7 Å². The first-order valence-electron chi connectivity index (χ1n) is 15.8. The van der Waals surface area contributed by atoms with E-state index in [2.05, 4.69) is 53.7 Å². The molecule has 0 bridgehead atoms. The van der Waals surface area contributed by atoms with Crippen LogP contribution in [0.15, 0.2) is 12.2 Å². The molecular weight excluding hydrogens is 410 g/mol. The maximum absolute atomic E-state index is 6.95. The van der Waals surface area contributed by atoms with Crippen molar-refractivity contribution < 1.29 is 0 Å². The molecule has 0 heterocycles. The summed E-state index contributed by atoms with van der Waals surface area (Å²) in [7, 11) is 0. The fourth-order valence-electron chi connectivity index (χ4n) is 8.91. The summed E-state index contributed by atoms with van der Waals surface area (Å²) in [5.41, 5.74) is 6.95. The van der Waals surface area contributed by atoms with Crippen LogP contribution in [0.3, 0.4) is 0 Å². The van der Waals surface area contributed by atoms with Gasteiger partial charge < -0.3 is 5.73 Å². The Morgan fingerprint density at radius 2 is 1.56 bits per heavy atom. The zero-order valence-corrected chi connectivity index (χ0v) is 23.7. The minimum atomic E-state index is 0.286. The Morgan fingerprint density at radius 3 is 2.18 bits per heavy atom. The van der Waals surface area contributed by atoms with Crippen molar-refractivity contribution in [1.82, 2.24) is 0 Å². The van der Waals surface area contributed by atoms with Gasteiger partial charge in [-0.3, -0.25) is 0 Å². The van der Waals surface area contributed by atoms with Crippen molar-refractivity contribution >= 4 is 0 Å². The first kappa shape index (κ1) is 26.8.